The van der Waals surface area contributed by atoms with Gasteiger partial charge >= 0.3 is 5.97 Å². The lowest BCUT2D eigenvalue weighted by atomic mass is 9.87. The Labute approximate surface area is 137 Å². The van der Waals surface area contributed by atoms with Crippen molar-refractivity contribution in [3.8, 4) is 0 Å². The zero-order valence-electron chi connectivity index (χ0n) is 13.8. The van der Waals surface area contributed by atoms with Crippen LogP contribution in [0.2, 0.25) is 0 Å². The fraction of sp³-hybridized carbons (Fsp3) is 0.556. The highest BCUT2D eigenvalue weighted by molar-refractivity contribution is 5.79. The van der Waals surface area contributed by atoms with Gasteiger partial charge in [0.05, 0.1) is 19.1 Å². The van der Waals surface area contributed by atoms with Crippen molar-refractivity contribution in [1.29, 1.82) is 0 Å². The minimum Gasteiger partial charge on any atom is -0.481 e. The number of morpholine rings is 1. The molecule has 1 saturated heterocycles. The molecule has 2 atom stereocenters. The number of ether oxygens (including phenoxy) is 1. The molecule has 1 heterocycles. The molecule has 0 saturated carbocycles. The average molecular weight is 319 g/mol. The van der Waals surface area contributed by atoms with Gasteiger partial charge in [0.2, 0.25) is 5.91 Å². The molecule has 5 heteroatoms. The van der Waals surface area contributed by atoms with Crippen molar-refractivity contribution in [1.82, 2.24) is 4.90 Å². The van der Waals surface area contributed by atoms with Crippen LogP contribution in [0.3, 0.4) is 0 Å². The van der Waals surface area contributed by atoms with E-state index >= 15 is 0 Å². The molecular weight excluding hydrogens is 294 g/mol. The SMILES string of the molecule is CC(C)C(Cc1ccccc1)C(=O)N1CCOC(CC(=O)O)C1. The van der Waals surface area contributed by atoms with E-state index in [1.54, 1.807) is 4.90 Å². The summed E-state index contributed by atoms with van der Waals surface area (Å²) in [6.45, 7) is 5.41. The highest BCUT2D eigenvalue weighted by Crippen LogP contribution is 2.22. The standard InChI is InChI=1S/C18H25NO4/c1-13(2)16(10-14-6-4-3-5-7-14)18(22)19-8-9-23-15(12-19)11-17(20)21/h3-7,13,15-16H,8-12H2,1-2H3,(H,20,21). The van der Waals surface area contributed by atoms with Crippen LogP contribution in [0, 0.1) is 11.8 Å². The molecule has 126 valence electrons. The summed E-state index contributed by atoms with van der Waals surface area (Å²) in [5, 5.41) is 8.90. The summed E-state index contributed by atoms with van der Waals surface area (Å²) >= 11 is 0. The molecule has 0 aromatic heterocycles. The van der Waals surface area contributed by atoms with Crippen LogP contribution < -0.4 is 0 Å². The van der Waals surface area contributed by atoms with Crippen molar-refractivity contribution in [2.75, 3.05) is 19.7 Å². The van der Waals surface area contributed by atoms with Gasteiger partial charge in [-0.05, 0) is 17.9 Å². The normalized spacial score (nSPS) is 19.6. The molecule has 0 radical (unpaired) electrons. The van der Waals surface area contributed by atoms with Gasteiger partial charge in [-0.1, -0.05) is 44.2 Å². The molecule has 2 rings (SSSR count). The predicted molar refractivity (Wildman–Crippen MR) is 87.0 cm³/mol. The molecule has 2 unspecified atom stereocenters. The van der Waals surface area contributed by atoms with Gasteiger partial charge in [-0.25, -0.2) is 0 Å². The zero-order valence-corrected chi connectivity index (χ0v) is 13.8. The maximum absolute atomic E-state index is 12.9. The molecule has 23 heavy (non-hydrogen) atoms. The van der Waals surface area contributed by atoms with Crippen LogP contribution in [0.4, 0.5) is 0 Å². The van der Waals surface area contributed by atoms with Crippen molar-refractivity contribution >= 4 is 11.9 Å². The molecule has 1 aliphatic heterocycles. The molecule has 5 nitrogen and oxygen atoms in total. The quantitative estimate of drug-likeness (QED) is 0.873. The third-order valence-corrected chi connectivity index (χ3v) is 4.27. The van der Waals surface area contributed by atoms with Crippen LogP contribution >= 0.6 is 0 Å². The van der Waals surface area contributed by atoms with Gasteiger partial charge in [-0.3, -0.25) is 9.59 Å². The number of amides is 1. The molecule has 0 aliphatic carbocycles. The van der Waals surface area contributed by atoms with Crippen molar-refractivity contribution in [3.63, 3.8) is 0 Å². The Kier molecular flexibility index (Phi) is 6.16. The summed E-state index contributed by atoms with van der Waals surface area (Å²) in [5.74, 6) is -0.666. The predicted octanol–water partition coefficient (Wildman–Crippen LogP) is 2.20. The number of carbonyl (C=O) groups excluding carboxylic acids is 1. The topological polar surface area (TPSA) is 66.8 Å². The number of nitrogens with zero attached hydrogens (tertiary/aromatic N) is 1. The lowest BCUT2D eigenvalue weighted by Gasteiger charge is -2.35. The molecule has 1 aromatic carbocycles. The van der Waals surface area contributed by atoms with E-state index in [2.05, 4.69) is 13.8 Å². The minimum atomic E-state index is -0.894. The van der Waals surface area contributed by atoms with E-state index < -0.39 is 12.1 Å². The summed E-state index contributed by atoms with van der Waals surface area (Å²) in [4.78, 5) is 25.5. The number of aliphatic carboxylic acids is 1. The monoisotopic (exact) mass is 319 g/mol. The zero-order chi connectivity index (χ0) is 16.8. The van der Waals surface area contributed by atoms with Crippen LogP contribution in [-0.4, -0.2) is 47.7 Å². The fourth-order valence-corrected chi connectivity index (χ4v) is 2.95. The van der Waals surface area contributed by atoms with E-state index in [0.717, 1.165) is 5.56 Å². The smallest absolute Gasteiger partial charge is 0.306 e. The molecule has 1 aliphatic rings. The first kappa shape index (κ1) is 17.5. The summed E-state index contributed by atoms with van der Waals surface area (Å²) in [6, 6.07) is 10.0. The van der Waals surface area contributed by atoms with E-state index in [9.17, 15) is 9.59 Å². The Bertz CT molecular complexity index is 529. The van der Waals surface area contributed by atoms with Gasteiger partial charge in [0.1, 0.15) is 0 Å². The molecule has 1 N–H and O–H groups in total. The van der Waals surface area contributed by atoms with E-state index in [4.69, 9.17) is 9.84 Å². The fourth-order valence-electron chi connectivity index (χ4n) is 2.95. The van der Waals surface area contributed by atoms with Gasteiger partial charge in [0, 0.05) is 19.0 Å². The van der Waals surface area contributed by atoms with Gasteiger partial charge in [-0.2, -0.15) is 0 Å². The Morgan fingerprint density at radius 1 is 1.30 bits per heavy atom. The molecule has 0 bridgehead atoms. The summed E-state index contributed by atoms with van der Waals surface area (Å²) in [7, 11) is 0. The van der Waals surface area contributed by atoms with E-state index in [1.165, 1.54) is 0 Å². The van der Waals surface area contributed by atoms with Gasteiger partial charge in [-0.15, -0.1) is 0 Å². The molecular formula is C18H25NO4. The highest BCUT2D eigenvalue weighted by atomic mass is 16.5. The first-order valence-electron chi connectivity index (χ1n) is 8.13. The second-order valence-electron chi connectivity index (χ2n) is 6.42. The maximum atomic E-state index is 12.9. The third-order valence-electron chi connectivity index (χ3n) is 4.27. The van der Waals surface area contributed by atoms with Gasteiger partial charge in [0.15, 0.2) is 0 Å². The molecule has 1 fully saturated rings. The number of hydrogen-bond acceptors (Lipinski definition) is 3. The second kappa shape index (κ2) is 8.11. The summed E-state index contributed by atoms with van der Waals surface area (Å²) in [6.07, 6.45) is 0.238. The number of carboxylic acid groups (broad SMARTS) is 1. The number of benzene rings is 1. The average Bonchev–Trinajstić information content (AvgIpc) is 2.52. The number of hydrogen-bond donors (Lipinski definition) is 1. The van der Waals surface area contributed by atoms with Crippen molar-refractivity contribution in [2.45, 2.75) is 32.8 Å². The van der Waals surface area contributed by atoms with E-state index in [-0.39, 0.29) is 24.2 Å². The maximum Gasteiger partial charge on any atom is 0.306 e. The Morgan fingerprint density at radius 3 is 2.61 bits per heavy atom. The number of carboxylic acids is 1. The second-order valence-corrected chi connectivity index (χ2v) is 6.42. The van der Waals surface area contributed by atoms with E-state index in [0.29, 0.717) is 26.1 Å². The third kappa shape index (κ3) is 5.06. The Hall–Kier alpha value is -1.88. The van der Waals surface area contributed by atoms with Crippen molar-refractivity contribution in [3.05, 3.63) is 35.9 Å². The number of carbonyl (C=O) groups is 2. The van der Waals surface area contributed by atoms with Crippen molar-refractivity contribution < 1.29 is 19.4 Å². The Morgan fingerprint density at radius 2 is 2.00 bits per heavy atom. The van der Waals surface area contributed by atoms with Crippen LogP contribution in [0.1, 0.15) is 25.8 Å². The Balaban J connectivity index is 2.03. The summed E-state index contributed by atoms with van der Waals surface area (Å²) in [5.41, 5.74) is 1.15. The number of rotatable bonds is 6. The lowest BCUT2D eigenvalue weighted by Crippen LogP contribution is -2.49. The largest absolute Gasteiger partial charge is 0.481 e. The van der Waals surface area contributed by atoms with E-state index in [1.807, 2.05) is 30.3 Å². The van der Waals surface area contributed by atoms with Crippen LogP contribution in [-0.2, 0) is 20.7 Å². The lowest BCUT2D eigenvalue weighted by molar-refractivity contribution is -0.150. The first-order valence-corrected chi connectivity index (χ1v) is 8.13. The van der Waals surface area contributed by atoms with Gasteiger partial charge in [0.25, 0.3) is 0 Å². The minimum absolute atomic E-state index is 0.0607. The molecule has 0 spiro atoms. The van der Waals surface area contributed by atoms with Crippen LogP contribution in [0.25, 0.3) is 0 Å². The van der Waals surface area contributed by atoms with Crippen LogP contribution in [0.15, 0.2) is 30.3 Å². The van der Waals surface area contributed by atoms with Crippen LogP contribution in [0.5, 0.6) is 0 Å². The highest BCUT2D eigenvalue weighted by Gasteiger charge is 2.31. The molecule has 1 aromatic rings. The van der Waals surface area contributed by atoms with Gasteiger partial charge < -0.3 is 14.7 Å². The first-order chi connectivity index (χ1) is 11.0. The molecule has 1 amide bonds. The summed E-state index contributed by atoms with van der Waals surface area (Å²) < 4.78 is 5.45. The van der Waals surface area contributed by atoms with Crippen molar-refractivity contribution in [2.24, 2.45) is 11.8 Å².